The number of nitrogens with zero attached hydrogens (tertiary/aromatic N) is 2. The second kappa shape index (κ2) is 6.08. The second-order valence-corrected chi connectivity index (χ2v) is 5.44. The minimum absolute atomic E-state index is 0.00298. The summed E-state index contributed by atoms with van der Waals surface area (Å²) >= 11 is 0. The molecule has 0 N–H and O–H groups in total. The Kier molecular flexibility index (Phi) is 4.17. The number of alkyl halides is 3. The summed E-state index contributed by atoms with van der Waals surface area (Å²) in [6.45, 7) is 1.38. The number of esters is 1. The van der Waals surface area contributed by atoms with E-state index in [-0.39, 0.29) is 22.3 Å². The Morgan fingerprint density at radius 3 is 2.46 bits per heavy atom. The molecule has 0 unspecified atom stereocenters. The van der Waals surface area contributed by atoms with Gasteiger partial charge >= 0.3 is 12.1 Å². The quantitative estimate of drug-likeness (QED) is 0.496. The van der Waals surface area contributed by atoms with Crippen molar-refractivity contribution in [3.8, 4) is 5.69 Å². The molecule has 9 heteroatoms. The molecule has 1 aromatic heterocycles. The number of fused-ring (bicyclic) bond motifs is 1. The lowest BCUT2D eigenvalue weighted by atomic mass is 10.1. The molecule has 0 aliphatic rings. The Labute approximate surface area is 143 Å². The SMILES string of the molecule is COC(=O)c1cccc(-n2c(C(F)(F)F)nc3ccc(F)c(F)c32)c1C. The summed E-state index contributed by atoms with van der Waals surface area (Å²) in [6, 6.07) is 5.58. The second-order valence-electron chi connectivity index (χ2n) is 5.44. The minimum atomic E-state index is -4.93. The molecule has 3 aromatic rings. The van der Waals surface area contributed by atoms with Gasteiger partial charge < -0.3 is 4.74 Å². The molecule has 2 aromatic carbocycles. The third kappa shape index (κ3) is 2.69. The van der Waals surface area contributed by atoms with Crippen LogP contribution in [0.2, 0.25) is 0 Å². The van der Waals surface area contributed by atoms with E-state index < -0.39 is 35.1 Å². The first kappa shape index (κ1) is 17.8. The van der Waals surface area contributed by atoms with Crippen molar-refractivity contribution in [1.29, 1.82) is 0 Å². The molecule has 4 nitrogen and oxygen atoms in total. The van der Waals surface area contributed by atoms with Gasteiger partial charge in [-0.15, -0.1) is 0 Å². The van der Waals surface area contributed by atoms with Crippen LogP contribution >= 0.6 is 0 Å². The summed E-state index contributed by atoms with van der Waals surface area (Å²) in [5.41, 5.74) is -1.08. The highest BCUT2D eigenvalue weighted by Gasteiger charge is 2.39. The lowest BCUT2D eigenvalue weighted by Crippen LogP contribution is -2.16. The molecule has 136 valence electrons. The van der Waals surface area contributed by atoms with Crippen molar-refractivity contribution < 1.29 is 31.5 Å². The Morgan fingerprint density at radius 2 is 1.85 bits per heavy atom. The van der Waals surface area contributed by atoms with Gasteiger partial charge in [-0.3, -0.25) is 4.57 Å². The molecule has 3 rings (SSSR count). The highest BCUT2D eigenvalue weighted by molar-refractivity contribution is 5.92. The number of ether oxygens (including phenoxy) is 1. The standard InChI is InChI=1S/C17H11F5N2O2/c1-8-9(15(25)26-2)4-3-5-12(8)24-14-11(7-6-10(18)13(14)19)23-16(24)17(20,21)22/h3-7H,1-2H3. The van der Waals surface area contributed by atoms with Gasteiger partial charge in [0.05, 0.1) is 23.9 Å². The smallest absolute Gasteiger partial charge is 0.450 e. The normalized spacial score (nSPS) is 11.8. The maximum absolute atomic E-state index is 14.3. The van der Waals surface area contributed by atoms with E-state index in [1.165, 1.54) is 25.1 Å². The highest BCUT2D eigenvalue weighted by Crippen LogP contribution is 2.36. The topological polar surface area (TPSA) is 44.1 Å². The molecular weight excluding hydrogens is 359 g/mol. The number of halogens is 5. The van der Waals surface area contributed by atoms with Crippen molar-refractivity contribution >= 4 is 17.0 Å². The number of carbonyl (C=O) groups excluding carboxylic acids is 1. The molecule has 0 radical (unpaired) electrons. The Balaban J connectivity index is 2.45. The third-order valence-corrected chi connectivity index (χ3v) is 3.91. The average molecular weight is 370 g/mol. The molecule has 0 bridgehead atoms. The van der Waals surface area contributed by atoms with Crippen molar-refractivity contribution in [2.45, 2.75) is 13.1 Å². The highest BCUT2D eigenvalue weighted by atomic mass is 19.4. The van der Waals surface area contributed by atoms with Gasteiger partial charge in [0.2, 0.25) is 5.82 Å². The minimum Gasteiger partial charge on any atom is -0.465 e. The van der Waals surface area contributed by atoms with Crippen LogP contribution in [0.1, 0.15) is 21.7 Å². The molecule has 1 heterocycles. The van der Waals surface area contributed by atoms with Crippen LogP contribution in [0.15, 0.2) is 30.3 Å². The zero-order valence-corrected chi connectivity index (χ0v) is 13.5. The van der Waals surface area contributed by atoms with Gasteiger partial charge in [-0.05, 0) is 36.8 Å². The maximum atomic E-state index is 14.3. The van der Waals surface area contributed by atoms with Crippen LogP contribution in [-0.2, 0) is 10.9 Å². The largest absolute Gasteiger partial charge is 0.465 e. The van der Waals surface area contributed by atoms with E-state index in [2.05, 4.69) is 9.72 Å². The molecule has 0 saturated heterocycles. The number of hydrogen-bond donors (Lipinski definition) is 0. The molecule has 0 aliphatic carbocycles. The van der Waals surface area contributed by atoms with E-state index in [1.54, 1.807) is 0 Å². The number of methoxy groups -OCH3 is 1. The molecule has 0 atom stereocenters. The van der Waals surface area contributed by atoms with Crippen LogP contribution in [0.5, 0.6) is 0 Å². The fourth-order valence-electron chi connectivity index (χ4n) is 2.72. The van der Waals surface area contributed by atoms with Crippen molar-refractivity contribution in [3.05, 3.63) is 58.9 Å². The van der Waals surface area contributed by atoms with Crippen LogP contribution < -0.4 is 0 Å². The summed E-state index contributed by atoms with van der Waals surface area (Å²) in [5.74, 6) is -4.97. The fraction of sp³-hybridized carbons (Fsp3) is 0.176. The van der Waals surface area contributed by atoms with Gasteiger partial charge in [0.25, 0.3) is 0 Å². The predicted molar refractivity (Wildman–Crippen MR) is 82.1 cm³/mol. The number of hydrogen-bond acceptors (Lipinski definition) is 3. The first-order valence-electron chi connectivity index (χ1n) is 7.28. The summed E-state index contributed by atoms with van der Waals surface area (Å²) in [6.07, 6.45) is -4.93. The molecular formula is C17H11F5N2O2. The van der Waals surface area contributed by atoms with E-state index in [1.807, 2.05) is 0 Å². The van der Waals surface area contributed by atoms with Crippen LogP contribution in [0.4, 0.5) is 22.0 Å². The lowest BCUT2D eigenvalue weighted by molar-refractivity contribution is -0.145. The van der Waals surface area contributed by atoms with Crippen molar-refractivity contribution in [2.75, 3.05) is 7.11 Å². The van der Waals surface area contributed by atoms with E-state index in [4.69, 9.17) is 0 Å². The summed E-state index contributed by atoms with van der Waals surface area (Å²) in [4.78, 5) is 15.2. The first-order chi connectivity index (χ1) is 12.2. The number of benzene rings is 2. The van der Waals surface area contributed by atoms with E-state index >= 15 is 0 Å². The Bertz CT molecular complexity index is 1020. The zero-order valence-electron chi connectivity index (χ0n) is 13.5. The van der Waals surface area contributed by atoms with Crippen molar-refractivity contribution in [2.24, 2.45) is 0 Å². The van der Waals surface area contributed by atoms with Crippen LogP contribution in [-0.4, -0.2) is 22.6 Å². The van der Waals surface area contributed by atoms with Gasteiger partial charge in [-0.2, -0.15) is 13.2 Å². The monoisotopic (exact) mass is 370 g/mol. The van der Waals surface area contributed by atoms with Gasteiger partial charge in [-0.1, -0.05) is 6.07 Å². The summed E-state index contributed by atoms with van der Waals surface area (Å²) in [7, 11) is 1.12. The molecule has 0 spiro atoms. The molecule has 0 fully saturated rings. The predicted octanol–water partition coefficient (Wildman–Crippen LogP) is 4.42. The van der Waals surface area contributed by atoms with Gasteiger partial charge in [0.15, 0.2) is 11.6 Å². The van der Waals surface area contributed by atoms with Crippen molar-refractivity contribution in [1.82, 2.24) is 9.55 Å². The van der Waals surface area contributed by atoms with E-state index in [0.29, 0.717) is 10.6 Å². The van der Waals surface area contributed by atoms with Gasteiger partial charge in [0, 0.05) is 0 Å². The van der Waals surface area contributed by atoms with Crippen LogP contribution in [0.3, 0.4) is 0 Å². The fourth-order valence-corrected chi connectivity index (χ4v) is 2.72. The number of rotatable bonds is 2. The van der Waals surface area contributed by atoms with Gasteiger partial charge in [0.1, 0.15) is 5.52 Å². The first-order valence-corrected chi connectivity index (χ1v) is 7.28. The molecule has 0 aliphatic heterocycles. The van der Waals surface area contributed by atoms with Gasteiger partial charge in [-0.25, -0.2) is 18.6 Å². The van der Waals surface area contributed by atoms with Crippen molar-refractivity contribution in [3.63, 3.8) is 0 Å². The Hall–Kier alpha value is -2.97. The maximum Gasteiger partial charge on any atom is 0.450 e. The number of imidazole rings is 1. The number of carbonyl (C=O) groups is 1. The average Bonchev–Trinajstić information content (AvgIpc) is 2.98. The summed E-state index contributed by atoms with van der Waals surface area (Å²) in [5, 5.41) is 0. The molecule has 26 heavy (non-hydrogen) atoms. The Morgan fingerprint density at radius 1 is 1.15 bits per heavy atom. The third-order valence-electron chi connectivity index (χ3n) is 3.91. The lowest BCUT2D eigenvalue weighted by Gasteiger charge is -2.16. The van der Waals surface area contributed by atoms with E-state index in [9.17, 15) is 26.7 Å². The summed E-state index contributed by atoms with van der Waals surface area (Å²) < 4.78 is 73.4. The number of aromatic nitrogens is 2. The van der Waals surface area contributed by atoms with Crippen LogP contribution in [0.25, 0.3) is 16.7 Å². The molecule has 0 saturated carbocycles. The molecule has 0 amide bonds. The zero-order chi connectivity index (χ0) is 19.2. The van der Waals surface area contributed by atoms with E-state index in [0.717, 1.165) is 13.2 Å². The van der Waals surface area contributed by atoms with Crippen LogP contribution in [0, 0.1) is 18.6 Å².